The van der Waals surface area contributed by atoms with E-state index in [1.807, 2.05) is 30.3 Å². The zero-order valence-electron chi connectivity index (χ0n) is 18.7. The molecule has 1 unspecified atom stereocenters. The van der Waals surface area contributed by atoms with Crippen molar-refractivity contribution in [3.8, 4) is 11.3 Å². The number of nitrogens with zero attached hydrogens (tertiary/aromatic N) is 4. The van der Waals surface area contributed by atoms with E-state index >= 15 is 0 Å². The number of esters is 1. The van der Waals surface area contributed by atoms with E-state index < -0.39 is 22.9 Å². The first-order valence-corrected chi connectivity index (χ1v) is 10.4. The molecular formula is C24H21N5O5. The molecule has 172 valence electrons. The summed E-state index contributed by atoms with van der Waals surface area (Å²) in [7, 11) is 1.73. The summed E-state index contributed by atoms with van der Waals surface area (Å²) in [6.45, 7) is 3.16. The summed E-state index contributed by atoms with van der Waals surface area (Å²) in [6, 6.07) is 16.7. The van der Waals surface area contributed by atoms with Crippen LogP contribution >= 0.6 is 0 Å². The van der Waals surface area contributed by atoms with Gasteiger partial charge < -0.3 is 10.1 Å². The van der Waals surface area contributed by atoms with Gasteiger partial charge in [0.1, 0.15) is 5.69 Å². The third-order valence-electron chi connectivity index (χ3n) is 5.27. The fourth-order valence-corrected chi connectivity index (χ4v) is 3.61. The summed E-state index contributed by atoms with van der Waals surface area (Å²) < 4.78 is 7.03. The first kappa shape index (κ1) is 22.6. The Balaban J connectivity index is 1.64. The number of hydrogen-bond donors (Lipinski definition) is 1. The molecule has 0 aliphatic heterocycles. The molecule has 1 N–H and O–H groups in total. The number of ether oxygens (including phenoxy) is 1. The van der Waals surface area contributed by atoms with Crippen LogP contribution < -0.4 is 5.32 Å². The van der Waals surface area contributed by atoms with Gasteiger partial charge in [-0.25, -0.2) is 9.78 Å². The fraction of sp³-hybridized carbons (Fsp3) is 0.167. The van der Waals surface area contributed by atoms with E-state index in [-0.39, 0.29) is 16.9 Å². The third kappa shape index (κ3) is 4.33. The van der Waals surface area contributed by atoms with Gasteiger partial charge in [-0.05, 0) is 26.0 Å². The van der Waals surface area contributed by atoms with Crippen LogP contribution in [-0.2, 0) is 16.6 Å². The Kier molecular flexibility index (Phi) is 6.05. The van der Waals surface area contributed by atoms with Gasteiger partial charge in [0, 0.05) is 18.7 Å². The lowest BCUT2D eigenvalue weighted by molar-refractivity contribution is -0.383. The Bertz CT molecular complexity index is 1410. The molecule has 10 nitrogen and oxygen atoms in total. The van der Waals surface area contributed by atoms with Crippen LogP contribution in [-0.4, -0.2) is 37.7 Å². The molecule has 0 radical (unpaired) electrons. The quantitative estimate of drug-likeness (QED) is 0.262. The zero-order valence-corrected chi connectivity index (χ0v) is 18.7. The molecule has 0 spiro atoms. The van der Waals surface area contributed by atoms with Crippen LogP contribution in [0.5, 0.6) is 0 Å². The second-order valence-electron chi connectivity index (χ2n) is 7.64. The lowest BCUT2D eigenvalue weighted by atomic mass is 10.1. The highest BCUT2D eigenvalue weighted by molar-refractivity contribution is 6.06. The Hall–Kier alpha value is -4.60. The monoisotopic (exact) mass is 459 g/mol. The molecule has 0 aliphatic carbocycles. The second-order valence-corrected chi connectivity index (χ2v) is 7.64. The fourth-order valence-electron chi connectivity index (χ4n) is 3.61. The van der Waals surface area contributed by atoms with Crippen molar-refractivity contribution < 1.29 is 19.2 Å². The molecule has 0 bridgehead atoms. The summed E-state index contributed by atoms with van der Waals surface area (Å²) in [5.74, 6) is -1.43. The van der Waals surface area contributed by atoms with Gasteiger partial charge in [-0.1, -0.05) is 42.5 Å². The number of carbonyl (C=O) groups is 2. The average Bonchev–Trinajstić information content (AvgIpc) is 3.12. The Morgan fingerprint density at radius 1 is 1.12 bits per heavy atom. The number of rotatable bonds is 6. The van der Waals surface area contributed by atoms with Gasteiger partial charge in [0.15, 0.2) is 11.8 Å². The van der Waals surface area contributed by atoms with Crippen molar-refractivity contribution in [3.05, 3.63) is 82.0 Å². The normalized spacial score (nSPS) is 11.7. The molecule has 0 aliphatic rings. The minimum atomic E-state index is -1.22. The van der Waals surface area contributed by atoms with Crippen LogP contribution in [0.3, 0.4) is 0 Å². The number of para-hydroxylation sites is 2. The van der Waals surface area contributed by atoms with Gasteiger partial charge in [0.25, 0.3) is 11.6 Å². The van der Waals surface area contributed by atoms with E-state index in [0.29, 0.717) is 22.4 Å². The Morgan fingerprint density at radius 2 is 1.79 bits per heavy atom. The van der Waals surface area contributed by atoms with Crippen molar-refractivity contribution in [3.63, 3.8) is 0 Å². The maximum atomic E-state index is 13.2. The molecule has 4 rings (SSSR count). The van der Waals surface area contributed by atoms with Crippen LogP contribution in [0.4, 0.5) is 11.4 Å². The summed E-state index contributed by atoms with van der Waals surface area (Å²) in [5, 5.41) is 18.5. The highest BCUT2D eigenvalue weighted by Crippen LogP contribution is 2.28. The number of fused-ring (bicyclic) bond motifs is 1. The molecule has 0 saturated heterocycles. The molecule has 1 amide bonds. The number of hydrogen-bond acceptors (Lipinski definition) is 7. The number of amides is 1. The molecule has 0 fully saturated rings. The topological polar surface area (TPSA) is 129 Å². The molecule has 1 atom stereocenters. The molecule has 2 heterocycles. The first-order valence-electron chi connectivity index (χ1n) is 10.4. The first-order chi connectivity index (χ1) is 16.3. The molecule has 10 heteroatoms. The third-order valence-corrected chi connectivity index (χ3v) is 5.27. The van der Waals surface area contributed by atoms with E-state index in [0.717, 1.165) is 5.56 Å². The average molecular weight is 459 g/mol. The molecule has 0 saturated carbocycles. The van der Waals surface area contributed by atoms with E-state index in [2.05, 4.69) is 15.4 Å². The largest absolute Gasteiger partial charge is 0.449 e. The Labute approximate surface area is 194 Å². The van der Waals surface area contributed by atoms with Gasteiger partial charge in [0.2, 0.25) is 0 Å². The van der Waals surface area contributed by atoms with Gasteiger partial charge in [-0.3, -0.25) is 19.6 Å². The SMILES string of the molecule is Cc1nn(C)c2nc(-c3ccccc3)cc(C(=O)OC(C)C(=O)Nc3ccccc3[N+](=O)[O-])c12. The lowest BCUT2D eigenvalue weighted by Crippen LogP contribution is -2.30. The summed E-state index contributed by atoms with van der Waals surface area (Å²) in [4.78, 5) is 41.1. The van der Waals surface area contributed by atoms with Gasteiger partial charge in [0.05, 0.1) is 27.3 Å². The second kappa shape index (κ2) is 9.10. The molecular weight excluding hydrogens is 438 g/mol. The van der Waals surface area contributed by atoms with E-state index in [4.69, 9.17) is 4.74 Å². The molecule has 2 aromatic carbocycles. The van der Waals surface area contributed by atoms with E-state index in [9.17, 15) is 19.7 Å². The maximum Gasteiger partial charge on any atom is 0.339 e. The number of carbonyl (C=O) groups excluding carboxylic acids is 2. The van der Waals surface area contributed by atoms with Crippen LogP contribution in [0, 0.1) is 17.0 Å². The minimum Gasteiger partial charge on any atom is -0.449 e. The van der Waals surface area contributed by atoms with Crippen molar-refractivity contribution in [1.82, 2.24) is 14.8 Å². The van der Waals surface area contributed by atoms with Crippen molar-refractivity contribution in [1.29, 1.82) is 0 Å². The van der Waals surface area contributed by atoms with Gasteiger partial charge >= 0.3 is 5.97 Å². The highest BCUT2D eigenvalue weighted by Gasteiger charge is 2.25. The number of aryl methyl sites for hydroxylation is 2. The number of benzene rings is 2. The molecule has 2 aromatic heterocycles. The van der Waals surface area contributed by atoms with Crippen molar-refractivity contribution in [2.45, 2.75) is 20.0 Å². The van der Waals surface area contributed by atoms with Crippen molar-refractivity contribution >= 4 is 34.3 Å². The van der Waals surface area contributed by atoms with Crippen LogP contribution in [0.2, 0.25) is 0 Å². The van der Waals surface area contributed by atoms with E-state index in [1.54, 1.807) is 30.8 Å². The summed E-state index contributed by atoms with van der Waals surface area (Å²) in [5.41, 5.74) is 2.43. The van der Waals surface area contributed by atoms with Crippen molar-refractivity contribution in [2.75, 3.05) is 5.32 Å². The number of pyridine rings is 1. The number of nitro groups is 1. The van der Waals surface area contributed by atoms with Crippen LogP contribution in [0.1, 0.15) is 23.0 Å². The predicted octanol–water partition coefficient (Wildman–Crippen LogP) is 4.04. The van der Waals surface area contributed by atoms with Gasteiger partial charge in [-0.2, -0.15) is 5.10 Å². The number of nitro benzene ring substituents is 1. The molecule has 4 aromatic rings. The predicted molar refractivity (Wildman–Crippen MR) is 125 cm³/mol. The van der Waals surface area contributed by atoms with E-state index in [1.165, 1.54) is 25.1 Å². The number of anilines is 1. The summed E-state index contributed by atoms with van der Waals surface area (Å²) >= 11 is 0. The zero-order chi connectivity index (χ0) is 24.4. The smallest absolute Gasteiger partial charge is 0.339 e. The minimum absolute atomic E-state index is 0.0150. The van der Waals surface area contributed by atoms with Crippen molar-refractivity contribution in [2.24, 2.45) is 7.05 Å². The summed E-state index contributed by atoms with van der Waals surface area (Å²) in [6.07, 6.45) is -1.22. The Morgan fingerprint density at radius 3 is 2.50 bits per heavy atom. The van der Waals surface area contributed by atoms with Gasteiger partial charge in [-0.15, -0.1) is 0 Å². The number of nitrogens with one attached hydrogen (secondary N) is 1. The lowest BCUT2D eigenvalue weighted by Gasteiger charge is -2.15. The van der Waals surface area contributed by atoms with Crippen LogP contribution in [0.25, 0.3) is 22.3 Å². The highest BCUT2D eigenvalue weighted by atomic mass is 16.6. The molecule has 34 heavy (non-hydrogen) atoms. The standard InChI is InChI=1S/C24H21N5O5/c1-14-21-17(13-19(16-9-5-4-6-10-16)25-22(21)28(3)27-14)24(31)34-15(2)23(30)26-18-11-7-8-12-20(18)29(32)33/h4-13,15H,1-3H3,(H,26,30). The maximum absolute atomic E-state index is 13.2. The van der Waals surface area contributed by atoms with Crippen LogP contribution in [0.15, 0.2) is 60.7 Å². The number of aromatic nitrogens is 3.